The summed E-state index contributed by atoms with van der Waals surface area (Å²) in [6.07, 6.45) is 44.9. The van der Waals surface area contributed by atoms with Crippen LogP contribution < -0.4 is 0 Å². The summed E-state index contributed by atoms with van der Waals surface area (Å²) in [5.41, 5.74) is 24.4. The normalized spacial score (nSPS) is 11.7. The summed E-state index contributed by atoms with van der Waals surface area (Å²) in [7, 11) is 0. The van der Waals surface area contributed by atoms with Gasteiger partial charge in [-0.25, -0.2) is 4.70 Å². The molecule has 0 amide bonds. The molecule has 392 valence electrons. The fourth-order valence-corrected chi connectivity index (χ4v) is 8.91. The predicted molar refractivity (Wildman–Crippen MR) is 307 cm³/mol. The molecule has 3 heteroatoms. The summed E-state index contributed by atoms with van der Waals surface area (Å²) < 4.78 is 1.61. The van der Waals surface area contributed by atoms with E-state index in [-0.39, 0.29) is 16.5 Å². The van der Waals surface area contributed by atoms with E-state index in [9.17, 15) is 5.53 Å². The van der Waals surface area contributed by atoms with Crippen LogP contribution in [0, 0.1) is 36.8 Å². The van der Waals surface area contributed by atoms with Crippen LogP contribution in [0.5, 0.6) is 0 Å². The molecule has 0 radical (unpaired) electrons. The number of hydrogen-bond acceptors (Lipinski definition) is 0. The number of nitrogens with zero attached hydrogens (tertiary/aromatic N) is 2. The summed E-state index contributed by atoms with van der Waals surface area (Å²) in [5, 5.41) is 0. The Morgan fingerprint density at radius 3 is 1.16 bits per heavy atom. The molecule has 3 rings (SSSR count). The van der Waals surface area contributed by atoms with E-state index in [1.54, 1.807) is 16.8 Å². The predicted octanol–water partition coefficient (Wildman–Crippen LogP) is 21.6. The smallest absolute Gasteiger partial charge is 0.518 e. The zero-order valence-electron chi connectivity index (χ0n) is 46.7. The van der Waals surface area contributed by atoms with Crippen molar-refractivity contribution in [1.29, 1.82) is 0 Å². The zero-order valence-corrected chi connectivity index (χ0v) is 47.7. The number of benzene rings is 2. The largest absolute Gasteiger partial charge is 2.00 e. The third-order valence-corrected chi connectivity index (χ3v) is 13.1. The quantitative estimate of drug-likeness (QED) is 0.0216. The molecule has 0 aromatic heterocycles. The van der Waals surface area contributed by atoms with Crippen LogP contribution in [0.1, 0.15) is 301 Å². The van der Waals surface area contributed by atoms with Crippen LogP contribution in [0.15, 0.2) is 59.7 Å². The molecule has 0 fully saturated rings. The van der Waals surface area contributed by atoms with Crippen LogP contribution in [-0.2, 0) is 29.3 Å². The van der Waals surface area contributed by atoms with Crippen molar-refractivity contribution in [2.75, 3.05) is 0 Å². The van der Waals surface area contributed by atoms with E-state index in [0.717, 1.165) is 105 Å². The van der Waals surface area contributed by atoms with Crippen LogP contribution in [0.3, 0.4) is 0 Å². The first-order chi connectivity index (χ1) is 33.8. The van der Waals surface area contributed by atoms with E-state index in [4.69, 9.17) is 13.2 Å². The molecule has 0 saturated heterocycles. The van der Waals surface area contributed by atoms with E-state index in [0.29, 0.717) is 0 Å². The van der Waals surface area contributed by atoms with E-state index in [1.807, 2.05) is 0 Å². The van der Waals surface area contributed by atoms with Crippen LogP contribution >= 0.6 is 0 Å². The molecular weight excluding hydrogens is 891 g/mol. The first-order valence-corrected chi connectivity index (χ1v) is 29.1. The topological polar surface area (TPSA) is 25.3 Å². The van der Waals surface area contributed by atoms with Crippen molar-refractivity contribution in [3.63, 3.8) is 0 Å². The van der Waals surface area contributed by atoms with Crippen molar-refractivity contribution >= 4 is 11.4 Å². The molecule has 0 bridgehead atoms. The van der Waals surface area contributed by atoms with Gasteiger partial charge in [-0.05, 0) is 106 Å². The SMILES string of the molecule is CCCCCCC#Cc1cc(C#CCCCCCC)cc(C2=C(CCCCC)C(CCCCCCCC)=C(c3cc(CCCC)cc(CCCC)c3)[N+]2=[N-])c1.[CH-]=CCCCCC.[CH-]=CCCCCC.[Ni+2]. The molecule has 2 aromatic rings. The van der Waals surface area contributed by atoms with Crippen LogP contribution in [0.25, 0.3) is 16.9 Å². The average Bonchev–Trinajstić information content (AvgIpc) is 3.64. The van der Waals surface area contributed by atoms with Gasteiger partial charge < -0.3 is 18.7 Å². The van der Waals surface area contributed by atoms with Crippen molar-refractivity contribution in [1.82, 2.24) is 0 Å². The molecule has 1 heterocycles. The monoisotopic (exact) mass is 995 g/mol. The molecule has 1 aliphatic rings. The Bertz CT molecular complexity index is 1780. The molecule has 2 nitrogen and oxygen atoms in total. The molecular formula is C67H104N2Ni. The van der Waals surface area contributed by atoms with Crippen molar-refractivity contribution in [3.8, 4) is 23.7 Å². The number of unbranched alkanes of at least 4 members (excludes halogenated alkanes) is 23. The maximum atomic E-state index is 12.7. The van der Waals surface area contributed by atoms with Crippen molar-refractivity contribution < 1.29 is 21.2 Å². The van der Waals surface area contributed by atoms with Crippen molar-refractivity contribution in [2.24, 2.45) is 0 Å². The third-order valence-electron chi connectivity index (χ3n) is 13.1. The summed E-state index contributed by atoms with van der Waals surface area (Å²) in [4.78, 5) is 0. The Balaban J connectivity index is 0.00000275. The van der Waals surface area contributed by atoms with Gasteiger partial charge in [0.2, 0.25) is 11.4 Å². The molecule has 0 aliphatic carbocycles. The number of hydrogen-bond donors (Lipinski definition) is 0. The minimum atomic E-state index is 0. The van der Waals surface area contributed by atoms with E-state index in [1.165, 1.54) is 176 Å². The minimum absolute atomic E-state index is 0. The van der Waals surface area contributed by atoms with Gasteiger partial charge >= 0.3 is 16.5 Å². The van der Waals surface area contributed by atoms with Gasteiger partial charge in [0.15, 0.2) is 0 Å². The zero-order chi connectivity index (χ0) is 50.6. The molecule has 70 heavy (non-hydrogen) atoms. The second-order valence-electron chi connectivity index (χ2n) is 19.7. The Morgan fingerprint density at radius 2 is 0.743 bits per heavy atom. The molecule has 0 saturated carbocycles. The molecule has 0 spiro atoms. The Labute approximate surface area is 445 Å². The first kappa shape index (κ1) is 66.6. The van der Waals surface area contributed by atoms with Gasteiger partial charge in [-0.1, -0.05) is 233 Å². The van der Waals surface area contributed by atoms with Gasteiger partial charge in [0, 0.05) is 46.2 Å². The number of rotatable bonds is 35. The third kappa shape index (κ3) is 29.8. The van der Waals surface area contributed by atoms with Crippen LogP contribution in [0.2, 0.25) is 0 Å². The van der Waals surface area contributed by atoms with Gasteiger partial charge in [-0.3, -0.25) is 12.2 Å². The number of aryl methyl sites for hydroxylation is 2. The fourth-order valence-electron chi connectivity index (χ4n) is 8.91. The molecule has 2 aromatic carbocycles. The molecule has 0 N–H and O–H groups in total. The summed E-state index contributed by atoms with van der Waals surface area (Å²) in [6, 6.07) is 13.9. The second kappa shape index (κ2) is 46.7. The first-order valence-electron chi connectivity index (χ1n) is 29.1. The minimum Gasteiger partial charge on any atom is -0.518 e. The van der Waals surface area contributed by atoms with Gasteiger partial charge in [0.1, 0.15) is 0 Å². The standard InChI is InChI=1S/C53H78N2.2C7H13.Ni/c1-7-13-19-22-25-29-34-46-39-47(35-30-26-23-20-14-8-2)43-49(42-46)52-50(36-28-16-10-4)51(37-31-27-24-21-15-9-3)53(55(52)54)48-40-44(32-17-11-5)38-45(41-48)33-18-12-6;2*1-3-5-7-6-4-2;/h38-43H,7-28,31-33,36-37H2,1-6H3;2*1,3H,4-7H2,2H3;/q;2*-1;+2. The molecule has 1 aliphatic heterocycles. The Kier molecular flexibility index (Phi) is 44.4. The van der Waals surface area contributed by atoms with Crippen molar-refractivity contribution in [3.05, 3.63) is 112 Å². The number of allylic oxidation sites excluding steroid dienone is 4. The average molecular weight is 996 g/mol. The maximum Gasteiger partial charge on any atom is 2.00 e. The summed E-state index contributed by atoms with van der Waals surface area (Å²) in [5.74, 6) is 14.1. The van der Waals surface area contributed by atoms with Gasteiger partial charge in [-0.2, -0.15) is 0 Å². The second-order valence-corrected chi connectivity index (χ2v) is 19.7. The summed E-state index contributed by atoms with van der Waals surface area (Å²) >= 11 is 0. The van der Waals surface area contributed by atoms with E-state index < -0.39 is 0 Å². The molecule has 0 unspecified atom stereocenters. The maximum absolute atomic E-state index is 12.7. The van der Waals surface area contributed by atoms with E-state index in [2.05, 4.69) is 115 Å². The van der Waals surface area contributed by atoms with E-state index >= 15 is 0 Å². The fraction of sp³-hybridized carbons (Fsp3) is 0.642. The Morgan fingerprint density at radius 1 is 0.400 bits per heavy atom. The van der Waals surface area contributed by atoms with Gasteiger partial charge in [0.05, 0.1) is 0 Å². The van der Waals surface area contributed by atoms with Crippen LogP contribution in [0.4, 0.5) is 0 Å². The molecule has 0 atom stereocenters. The van der Waals surface area contributed by atoms with Gasteiger partial charge in [0.25, 0.3) is 0 Å². The Hall–Kier alpha value is -3.39. The van der Waals surface area contributed by atoms with Gasteiger partial charge in [-0.15, -0.1) is 0 Å². The van der Waals surface area contributed by atoms with Crippen LogP contribution in [-0.4, -0.2) is 4.70 Å². The van der Waals surface area contributed by atoms with Crippen molar-refractivity contribution in [2.45, 2.75) is 280 Å². The summed E-state index contributed by atoms with van der Waals surface area (Å²) in [6.45, 7) is 28.3.